The molecule has 0 radical (unpaired) electrons. The monoisotopic (exact) mass is 460 g/mol. The molecular formula is C25H40N4O4. The summed E-state index contributed by atoms with van der Waals surface area (Å²) in [6, 6.07) is 16.0. The van der Waals surface area contributed by atoms with E-state index in [1.165, 1.54) is 0 Å². The number of nitrogens with two attached hydrogens (primary N) is 2. The topological polar surface area (TPSA) is 135 Å². The van der Waals surface area contributed by atoms with E-state index in [1.54, 1.807) is 0 Å². The molecule has 8 heteroatoms. The minimum atomic E-state index is -0.591. The Morgan fingerprint density at radius 1 is 0.788 bits per heavy atom. The molecule has 0 saturated heterocycles. The molecule has 0 bridgehead atoms. The summed E-state index contributed by atoms with van der Waals surface area (Å²) in [6.07, 6.45) is -0.393. The lowest BCUT2D eigenvalue weighted by atomic mass is 10.0. The molecule has 0 amide bonds. The Hall–Kier alpha value is -2.20. The second-order valence-corrected chi connectivity index (χ2v) is 8.57. The molecule has 0 aliphatic carbocycles. The molecule has 0 aliphatic heterocycles. The summed E-state index contributed by atoms with van der Waals surface area (Å²) in [6.45, 7) is 6.42. The van der Waals surface area contributed by atoms with E-state index in [2.05, 4.69) is 10.6 Å². The van der Waals surface area contributed by atoms with Gasteiger partial charge < -0.3 is 41.8 Å². The van der Waals surface area contributed by atoms with Crippen molar-refractivity contribution >= 4 is 0 Å². The van der Waals surface area contributed by atoms with Crippen molar-refractivity contribution in [3.63, 3.8) is 0 Å². The van der Waals surface area contributed by atoms with Crippen LogP contribution in [0.5, 0.6) is 11.5 Å². The highest BCUT2D eigenvalue weighted by atomic mass is 16.5. The second kappa shape index (κ2) is 14.8. The standard InChI is InChI=1S/C25H40N4O4/c1-18(27)13-28-14-22(30)16-32-24-7-3-20(4-8-24)11-21-5-9-25(10-6-21)33-17-23(31)15-29-19(2)12-26/h3-10,18-19,22-23,28-31H,11-17,26-27H2,1-2H3. The summed E-state index contributed by atoms with van der Waals surface area (Å²) in [7, 11) is 0. The summed E-state index contributed by atoms with van der Waals surface area (Å²) in [5.74, 6) is 1.45. The molecule has 184 valence electrons. The maximum Gasteiger partial charge on any atom is 0.119 e. The van der Waals surface area contributed by atoms with Crippen LogP contribution in [0.4, 0.5) is 0 Å². The van der Waals surface area contributed by atoms with Gasteiger partial charge in [-0.3, -0.25) is 0 Å². The normalized spacial score (nSPS) is 15.0. The average molecular weight is 461 g/mol. The molecule has 0 heterocycles. The highest BCUT2D eigenvalue weighted by Crippen LogP contribution is 2.18. The zero-order valence-electron chi connectivity index (χ0n) is 19.7. The summed E-state index contributed by atoms with van der Waals surface area (Å²) >= 11 is 0. The molecule has 2 aromatic carbocycles. The van der Waals surface area contributed by atoms with Gasteiger partial charge in [0.25, 0.3) is 0 Å². The summed E-state index contributed by atoms with van der Waals surface area (Å²) in [5, 5.41) is 26.2. The fraction of sp³-hybridized carbons (Fsp3) is 0.520. The molecule has 8 nitrogen and oxygen atoms in total. The molecule has 0 fully saturated rings. The van der Waals surface area contributed by atoms with Gasteiger partial charge in [-0.15, -0.1) is 0 Å². The van der Waals surface area contributed by atoms with Gasteiger partial charge in [0.1, 0.15) is 36.9 Å². The highest BCUT2D eigenvalue weighted by Gasteiger charge is 2.08. The SMILES string of the molecule is CC(N)CNCC(O)COc1ccc(Cc2ccc(OCC(O)CNC(C)CN)cc2)cc1. The summed E-state index contributed by atoms with van der Waals surface area (Å²) in [5.41, 5.74) is 13.5. The Labute approximate surface area is 197 Å². The van der Waals surface area contributed by atoms with Crippen molar-refractivity contribution in [1.82, 2.24) is 10.6 Å². The van der Waals surface area contributed by atoms with Crippen LogP contribution in [0.3, 0.4) is 0 Å². The van der Waals surface area contributed by atoms with Crippen LogP contribution in [-0.4, -0.2) is 73.9 Å². The first-order valence-corrected chi connectivity index (χ1v) is 11.5. The van der Waals surface area contributed by atoms with Crippen LogP contribution in [0.25, 0.3) is 0 Å². The molecule has 8 N–H and O–H groups in total. The maximum atomic E-state index is 9.99. The van der Waals surface area contributed by atoms with Crippen LogP contribution >= 0.6 is 0 Å². The van der Waals surface area contributed by atoms with Crippen LogP contribution in [0.15, 0.2) is 48.5 Å². The molecule has 0 spiro atoms. The molecule has 2 rings (SSSR count). The zero-order chi connectivity index (χ0) is 24.1. The van der Waals surface area contributed by atoms with E-state index in [1.807, 2.05) is 62.4 Å². The first kappa shape index (κ1) is 27.0. The van der Waals surface area contributed by atoms with Crippen molar-refractivity contribution in [3.8, 4) is 11.5 Å². The van der Waals surface area contributed by atoms with E-state index in [-0.39, 0.29) is 25.3 Å². The fourth-order valence-corrected chi connectivity index (χ4v) is 3.04. The van der Waals surface area contributed by atoms with Crippen molar-refractivity contribution < 1.29 is 19.7 Å². The predicted molar refractivity (Wildman–Crippen MR) is 132 cm³/mol. The van der Waals surface area contributed by atoms with Crippen molar-refractivity contribution in [3.05, 3.63) is 59.7 Å². The van der Waals surface area contributed by atoms with Crippen LogP contribution in [-0.2, 0) is 6.42 Å². The minimum absolute atomic E-state index is 0.0559. The molecule has 2 aromatic rings. The largest absolute Gasteiger partial charge is 0.491 e. The van der Waals surface area contributed by atoms with Gasteiger partial charge in [0.15, 0.2) is 0 Å². The van der Waals surface area contributed by atoms with Gasteiger partial charge in [-0.1, -0.05) is 24.3 Å². The average Bonchev–Trinajstić information content (AvgIpc) is 2.81. The Morgan fingerprint density at radius 3 is 1.73 bits per heavy atom. The third kappa shape index (κ3) is 11.5. The lowest BCUT2D eigenvalue weighted by molar-refractivity contribution is 0.104. The van der Waals surface area contributed by atoms with Crippen molar-refractivity contribution in [2.45, 2.75) is 44.6 Å². The predicted octanol–water partition coefficient (Wildman–Crippen LogP) is 0.630. The lowest BCUT2D eigenvalue weighted by Gasteiger charge is -2.16. The van der Waals surface area contributed by atoms with Crippen LogP contribution in [0.1, 0.15) is 25.0 Å². The quantitative estimate of drug-likeness (QED) is 0.215. The van der Waals surface area contributed by atoms with E-state index in [4.69, 9.17) is 20.9 Å². The third-order valence-electron chi connectivity index (χ3n) is 5.04. The fourth-order valence-electron chi connectivity index (χ4n) is 3.04. The highest BCUT2D eigenvalue weighted by molar-refractivity contribution is 5.34. The molecule has 33 heavy (non-hydrogen) atoms. The number of hydrogen-bond donors (Lipinski definition) is 6. The van der Waals surface area contributed by atoms with Gasteiger partial charge in [0, 0.05) is 38.3 Å². The zero-order valence-corrected chi connectivity index (χ0v) is 19.7. The Balaban J connectivity index is 1.71. The Kier molecular flexibility index (Phi) is 12.2. The van der Waals surface area contributed by atoms with Gasteiger partial charge in [0.05, 0.1) is 0 Å². The van der Waals surface area contributed by atoms with Gasteiger partial charge in [-0.25, -0.2) is 0 Å². The van der Waals surface area contributed by atoms with Crippen LogP contribution in [0, 0.1) is 0 Å². The number of aliphatic hydroxyl groups excluding tert-OH is 2. The van der Waals surface area contributed by atoms with E-state index in [9.17, 15) is 10.2 Å². The first-order chi connectivity index (χ1) is 15.9. The van der Waals surface area contributed by atoms with Crippen molar-refractivity contribution in [1.29, 1.82) is 0 Å². The third-order valence-corrected chi connectivity index (χ3v) is 5.04. The van der Waals surface area contributed by atoms with Gasteiger partial charge >= 0.3 is 0 Å². The molecule has 0 aromatic heterocycles. The van der Waals surface area contributed by atoms with E-state index >= 15 is 0 Å². The molecular weight excluding hydrogens is 420 g/mol. The summed E-state index contributed by atoms with van der Waals surface area (Å²) < 4.78 is 11.3. The summed E-state index contributed by atoms with van der Waals surface area (Å²) in [4.78, 5) is 0. The smallest absolute Gasteiger partial charge is 0.119 e. The minimum Gasteiger partial charge on any atom is -0.491 e. The molecule has 4 atom stereocenters. The molecule has 0 aliphatic rings. The molecule has 4 unspecified atom stereocenters. The van der Waals surface area contributed by atoms with E-state index < -0.39 is 12.2 Å². The second-order valence-electron chi connectivity index (χ2n) is 8.57. The number of ether oxygens (including phenoxy) is 2. The Bertz CT molecular complexity index is 771. The number of nitrogens with one attached hydrogen (secondary N) is 2. The first-order valence-electron chi connectivity index (χ1n) is 11.5. The van der Waals surface area contributed by atoms with Crippen LogP contribution in [0.2, 0.25) is 0 Å². The van der Waals surface area contributed by atoms with Gasteiger partial charge in [-0.05, 0) is 55.7 Å². The Morgan fingerprint density at radius 2 is 1.27 bits per heavy atom. The van der Waals surface area contributed by atoms with Gasteiger partial charge in [-0.2, -0.15) is 0 Å². The van der Waals surface area contributed by atoms with E-state index in [0.29, 0.717) is 26.2 Å². The van der Waals surface area contributed by atoms with Crippen LogP contribution < -0.4 is 31.6 Å². The van der Waals surface area contributed by atoms with Gasteiger partial charge in [0.2, 0.25) is 0 Å². The van der Waals surface area contributed by atoms with Crippen molar-refractivity contribution in [2.75, 3.05) is 39.4 Å². The number of rotatable bonds is 16. The maximum absolute atomic E-state index is 9.99. The molecule has 0 saturated carbocycles. The van der Waals surface area contributed by atoms with E-state index in [0.717, 1.165) is 29.0 Å². The van der Waals surface area contributed by atoms with Crippen molar-refractivity contribution in [2.24, 2.45) is 11.5 Å². The number of hydrogen-bond acceptors (Lipinski definition) is 8. The lowest BCUT2D eigenvalue weighted by Crippen LogP contribution is -2.40. The number of aliphatic hydroxyl groups is 2. The number of benzene rings is 2.